The molecule has 4 nitrogen and oxygen atoms in total. The summed E-state index contributed by atoms with van der Waals surface area (Å²) in [5.41, 5.74) is 6.23. The second-order valence-electron chi connectivity index (χ2n) is 4.01. The fraction of sp³-hybridized carbons (Fsp3) is 0.0714. The molecule has 0 fully saturated rings. The van der Waals surface area contributed by atoms with E-state index in [2.05, 4.69) is 15.5 Å². The molecule has 0 radical (unpaired) electrons. The van der Waals surface area contributed by atoms with E-state index < -0.39 is 6.04 Å². The van der Waals surface area contributed by atoms with Crippen LogP contribution in [0.1, 0.15) is 22.9 Å². The predicted molar refractivity (Wildman–Crippen MR) is 68.3 cm³/mol. The van der Waals surface area contributed by atoms with Crippen molar-refractivity contribution < 1.29 is 4.79 Å². The van der Waals surface area contributed by atoms with Crippen molar-refractivity contribution in [3.8, 4) is 0 Å². The molecule has 1 aromatic heterocycles. The summed E-state index contributed by atoms with van der Waals surface area (Å²) >= 11 is 0. The highest BCUT2D eigenvalue weighted by Crippen LogP contribution is 2.22. The monoisotopic (exact) mass is 237 g/mol. The number of fused-ring (bicyclic) bond motifs is 1. The fourth-order valence-corrected chi connectivity index (χ4v) is 2.02. The number of pyridine rings is 1. The molecule has 0 spiro atoms. The first kappa shape index (κ1) is 10.7. The lowest BCUT2D eigenvalue weighted by atomic mass is 9.98. The summed E-state index contributed by atoms with van der Waals surface area (Å²) in [5, 5.41) is 4.27. The lowest BCUT2D eigenvalue weighted by molar-refractivity contribution is -0.109. The summed E-state index contributed by atoms with van der Waals surface area (Å²) < 4.78 is 0. The van der Waals surface area contributed by atoms with E-state index in [0.717, 1.165) is 28.8 Å². The van der Waals surface area contributed by atoms with Gasteiger partial charge < -0.3 is 4.79 Å². The Morgan fingerprint density at radius 1 is 1.11 bits per heavy atom. The minimum atomic E-state index is -0.416. The molecular weight excluding hydrogens is 226 g/mol. The van der Waals surface area contributed by atoms with Crippen molar-refractivity contribution >= 4 is 12.0 Å². The Kier molecular flexibility index (Phi) is 2.61. The van der Waals surface area contributed by atoms with Gasteiger partial charge in [-0.05, 0) is 6.07 Å². The maximum absolute atomic E-state index is 11.0. The number of nitrogens with one attached hydrogen (secondary N) is 1. The first-order valence-electron chi connectivity index (χ1n) is 5.69. The average molecular weight is 237 g/mol. The van der Waals surface area contributed by atoms with Crippen molar-refractivity contribution in [1.82, 2.24) is 10.4 Å². The minimum absolute atomic E-state index is 0.416. The zero-order chi connectivity index (χ0) is 12.4. The van der Waals surface area contributed by atoms with Crippen molar-refractivity contribution in [3.63, 3.8) is 0 Å². The van der Waals surface area contributed by atoms with Crippen LogP contribution in [0.5, 0.6) is 0 Å². The molecule has 0 saturated carbocycles. The third-order valence-corrected chi connectivity index (χ3v) is 2.90. The number of aromatic nitrogens is 1. The van der Waals surface area contributed by atoms with Crippen molar-refractivity contribution in [1.29, 1.82) is 0 Å². The van der Waals surface area contributed by atoms with E-state index in [1.54, 1.807) is 6.20 Å². The quantitative estimate of drug-likeness (QED) is 0.808. The van der Waals surface area contributed by atoms with E-state index in [1.165, 1.54) is 0 Å². The van der Waals surface area contributed by atoms with Crippen LogP contribution in [0.25, 0.3) is 0 Å². The Bertz CT molecular complexity index is 607. The third kappa shape index (κ3) is 1.68. The van der Waals surface area contributed by atoms with Crippen molar-refractivity contribution in [2.75, 3.05) is 0 Å². The normalized spacial score (nSPS) is 17.3. The molecule has 2 aromatic rings. The highest BCUT2D eigenvalue weighted by atomic mass is 16.1. The number of aldehydes is 1. The van der Waals surface area contributed by atoms with Gasteiger partial charge in [0.2, 0.25) is 0 Å². The summed E-state index contributed by atoms with van der Waals surface area (Å²) in [7, 11) is 0. The second-order valence-corrected chi connectivity index (χ2v) is 4.01. The SMILES string of the molecule is O=CC1NN=C(c2ccccc2)c2ncccc21. The summed E-state index contributed by atoms with van der Waals surface area (Å²) in [6.45, 7) is 0. The van der Waals surface area contributed by atoms with Gasteiger partial charge in [0.1, 0.15) is 18.0 Å². The molecule has 18 heavy (non-hydrogen) atoms. The Morgan fingerprint density at radius 2 is 1.94 bits per heavy atom. The van der Waals surface area contributed by atoms with Crippen molar-refractivity contribution in [2.24, 2.45) is 5.10 Å². The molecule has 1 aliphatic rings. The van der Waals surface area contributed by atoms with Gasteiger partial charge in [0.15, 0.2) is 0 Å². The van der Waals surface area contributed by atoms with E-state index in [0.29, 0.717) is 0 Å². The molecule has 1 aliphatic heterocycles. The van der Waals surface area contributed by atoms with Crippen molar-refractivity contribution in [3.05, 3.63) is 65.5 Å². The van der Waals surface area contributed by atoms with E-state index in [1.807, 2.05) is 42.5 Å². The van der Waals surface area contributed by atoms with Gasteiger partial charge in [0.05, 0.1) is 5.69 Å². The molecule has 2 heterocycles. The van der Waals surface area contributed by atoms with Crippen LogP contribution in [0.4, 0.5) is 0 Å². The minimum Gasteiger partial charge on any atom is -0.301 e. The van der Waals surface area contributed by atoms with E-state index in [4.69, 9.17) is 0 Å². The number of hydrogen-bond donors (Lipinski definition) is 1. The summed E-state index contributed by atoms with van der Waals surface area (Å²) in [5.74, 6) is 0. The molecule has 88 valence electrons. The Hall–Kier alpha value is -2.49. The molecule has 4 heteroatoms. The van der Waals surface area contributed by atoms with Crippen molar-refractivity contribution in [2.45, 2.75) is 6.04 Å². The first-order valence-corrected chi connectivity index (χ1v) is 5.69. The lowest BCUT2D eigenvalue weighted by Gasteiger charge is -2.21. The maximum Gasteiger partial charge on any atom is 0.148 e. The fourth-order valence-electron chi connectivity index (χ4n) is 2.02. The molecule has 0 aliphatic carbocycles. The predicted octanol–water partition coefficient (Wildman–Crippen LogP) is 1.68. The average Bonchev–Trinajstić information content (AvgIpc) is 2.47. The molecule has 1 unspecified atom stereocenters. The topological polar surface area (TPSA) is 54.4 Å². The van der Waals surface area contributed by atoms with Gasteiger partial charge in [0.25, 0.3) is 0 Å². The summed E-state index contributed by atoms with van der Waals surface area (Å²) in [6.07, 6.45) is 2.55. The Morgan fingerprint density at radius 3 is 2.72 bits per heavy atom. The standard InChI is InChI=1S/C14H11N3O/c18-9-12-11-7-4-8-15-14(11)13(17-16-12)10-5-2-1-3-6-10/h1-9,12,16H. The zero-order valence-electron chi connectivity index (χ0n) is 9.58. The molecular formula is C14H11N3O. The molecule has 1 aromatic carbocycles. The number of carbonyl (C=O) groups is 1. The lowest BCUT2D eigenvalue weighted by Crippen LogP contribution is -2.28. The number of carbonyl (C=O) groups excluding carboxylic acids is 1. The van der Waals surface area contributed by atoms with E-state index in [-0.39, 0.29) is 0 Å². The van der Waals surface area contributed by atoms with E-state index in [9.17, 15) is 4.79 Å². The van der Waals surface area contributed by atoms with Crippen LogP contribution in [-0.4, -0.2) is 17.0 Å². The summed E-state index contributed by atoms with van der Waals surface area (Å²) in [4.78, 5) is 15.4. The first-order chi connectivity index (χ1) is 8.90. The highest BCUT2D eigenvalue weighted by Gasteiger charge is 2.23. The van der Waals surface area contributed by atoms with Crippen LogP contribution in [0.3, 0.4) is 0 Å². The third-order valence-electron chi connectivity index (χ3n) is 2.90. The maximum atomic E-state index is 11.0. The molecule has 3 rings (SSSR count). The van der Waals surface area contributed by atoms with Gasteiger partial charge in [-0.2, -0.15) is 5.10 Å². The molecule has 0 bridgehead atoms. The van der Waals surface area contributed by atoms with Crippen LogP contribution in [0, 0.1) is 0 Å². The van der Waals surface area contributed by atoms with Crippen LogP contribution >= 0.6 is 0 Å². The van der Waals surface area contributed by atoms with Gasteiger partial charge in [-0.1, -0.05) is 36.4 Å². The molecule has 1 atom stereocenters. The number of nitrogens with zero attached hydrogens (tertiary/aromatic N) is 2. The molecule has 0 amide bonds. The Balaban J connectivity index is 2.14. The number of rotatable bonds is 2. The molecule has 1 N–H and O–H groups in total. The summed E-state index contributed by atoms with van der Waals surface area (Å²) in [6, 6.07) is 13.1. The zero-order valence-corrected chi connectivity index (χ0v) is 9.58. The largest absolute Gasteiger partial charge is 0.301 e. The van der Waals surface area contributed by atoms with E-state index >= 15 is 0 Å². The second kappa shape index (κ2) is 4.41. The van der Waals surface area contributed by atoms with Crippen LogP contribution < -0.4 is 5.43 Å². The number of hydrogen-bond acceptors (Lipinski definition) is 4. The van der Waals surface area contributed by atoms with Crippen LogP contribution in [0.15, 0.2) is 53.8 Å². The van der Waals surface area contributed by atoms with Gasteiger partial charge in [-0.15, -0.1) is 0 Å². The Labute approximate surface area is 104 Å². The van der Waals surface area contributed by atoms with Crippen LogP contribution in [-0.2, 0) is 4.79 Å². The smallest absolute Gasteiger partial charge is 0.148 e. The number of benzene rings is 1. The molecule has 0 saturated heterocycles. The van der Waals surface area contributed by atoms with Gasteiger partial charge in [-0.3, -0.25) is 10.4 Å². The van der Waals surface area contributed by atoms with Gasteiger partial charge in [-0.25, -0.2) is 0 Å². The van der Waals surface area contributed by atoms with Crippen LogP contribution in [0.2, 0.25) is 0 Å². The van der Waals surface area contributed by atoms with Gasteiger partial charge in [0, 0.05) is 17.3 Å². The number of hydrazone groups is 1. The highest BCUT2D eigenvalue weighted by molar-refractivity contribution is 6.13. The van der Waals surface area contributed by atoms with Gasteiger partial charge >= 0.3 is 0 Å².